The Bertz CT molecular complexity index is 640. The molecule has 2 nitrogen and oxygen atoms in total. The van der Waals surface area contributed by atoms with Gasteiger partial charge in [-0.1, -0.05) is 23.2 Å². The van der Waals surface area contributed by atoms with E-state index in [0.29, 0.717) is 21.8 Å². The van der Waals surface area contributed by atoms with Gasteiger partial charge < -0.3 is 5.73 Å². The molecular weight excluding hydrogens is 265 g/mol. The molecular formula is C15H13ClFNO. The zero-order valence-corrected chi connectivity index (χ0v) is 11.2. The Balaban J connectivity index is 2.30. The van der Waals surface area contributed by atoms with Crippen LogP contribution < -0.4 is 5.73 Å². The van der Waals surface area contributed by atoms with Crippen LogP contribution in [0.2, 0.25) is 5.02 Å². The maximum Gasteiger partial charge on any atom is 0.169 e. The third-order valence-electron chi connectivity index (χ3n) is 2.87. The van der Waals surface area contributed by atoms with E-state index >= 15 is 0 Å². The van der Waals surface area contributed by atoms with Gasteiger partial charge in [-0.15, -0.1) is 0 Å². The van der Waals surface area contributed by atoms with Crippen LogP contribution in [0.1, 0.15) is 21.5 Å². The van der Waals surface area contributed by atoms with E-state index in [-0.39, 0.29) is 12.2 Å². The largest absolute Gasteiger partial charge is 0.398 e. The number of nitrogen functional groups attached to an aromatic ring is 1. The van der Waals surface area contributed by atoms with Crippen molar-refractivity contribution >= 4 is 23.1 Å². The number of ketones is 1. The summed E-state index contributed by atoms with van der Waals surface area (Å²) in [7, 11) is 0. The molecule has 0 fully saturated rings. The minimum atomic E-state index is -0.413. The fraction of sp³-hybridized carbons (Fsp3) is 0.133. The molecule has 0 amide bonds. The lowest BCUT2D eigenvalue weighted by Gasteiger charge is -2.07. The third-order valence-corrected chi connectivity index (χ3v) is 3.24. The van der Waals surface area contributed by atoms with Gasteiger partial charge in [0.1, 0.15) is 5.82 Å². The fourth-order valence-electron chi connectivity index (χ4n) is 1.86. The number of benzene rings is 2. The van der Waals surface area contributed by atoms with Gasteiger partial charge in [0.2, 0.25) is 0 Å². The highest BCUT2D eigenvalue weighted by Crippen LogP contribution is 2.21. The minimum absolute atomic E-state index is 0.0320. The monoisotopic (exact) mass is 277 g/mol. The van der Waals surface area contributed by atoms with Crippen LogP contribution in [0.5, 0.6) is 0 Å². The van der Waals surface area contributed by atoms with Crippen LogP contribution in [-0.2, 0) is 6.42 Å². The third kappa shape index (κ3) is 3.12. The van der Waals surface area contributed by atoms with Crippen molar-refractivity contribution in [3.05, 3.63) is 63.9 Å². The van der Waals surface area contributed by atoms with Gasteiger partial charge in [-0.05, 0) is 42.8 Å². The second-order valence-electron chi connectivity index (χ2n) is 4.43. The van der Waals surface area contributed by atoms with Gasteiger partial charge in [0, 0.05) is 22.7 Å². The van der Waals surface area contributed by atoms with E-state index in [2.05, 4.69) is 0 Å². The molecule has 0 aliphatic heterocycles. The Morgan fingerprint density at radius 3 is 2.74 bits per heavy atom. The number of hydrogen-bond acceptors (Lipinski definition) is 2. The average molecular weight is 278 g/mol. The maximum atomic E-state index is 13.1. The van der Waals surface area contributed by atoms with E-state index in [1.165, 1.54) is 18.2 Å². The molecule has 2 N–H and O–H groups in total. The smallest absolute Gasteiger partial charge is 0.169 e. The molecule has 0 spiro atoms. The van der Waals surface area contributed by atoms with Crippen molar-refractivity contribution in [1.29, 1.82) is 0 Å². The molecule has 0 aliphatic carbocycles. The molecule has 0 radical (unpaired) electrons. The van der Waals surface area contributed by atoms with Crippen molar-refractivity contribution in [2.75, 3.05) is 5.73 Å². The quantitative estimate of drug-likeness (QED) is 0.685. The van der Waals surface area contributed by atoms with E-state index in [4.69, 9.17) is 17.3 Å². The van der Waals surface area contributed by atoms with E-state index in [1.54, 1.807) is 12.1 Å². The molecule has 19 heavy (non-hydrogen) atoms. The van der Waals surface area contributed by atoms with Crippen LogP contribution in [0.15, 0.2) is 36.4 Å². The zero-order chi connectivity index (χ0) is 14.0. The van der Waals surface area contributed by atoms with Crippen molar-refractivity contribution in [2.45, 2.75) is 13.3 Å². The number of halogens is 2. The summed E-state index contributed by atoms with van der Waals surface area (Å²) >= 11 is 5.95. The predicted molar refractivity (Wildman–Crippen MR) is 75.0 cm³/mol. The number of hydrogen-bond donors (Lipinski definition) is 1. The SMILES string of the molecule is Cc1ccc(N)c(C(=O)Cc2cc(F)ccc2Cl)c1. The van der Waals surface area contributed by atoms with E-state index in [9.17, 15) is 9.18 Å². The number of Topliss-reactive ketones (excluding diaryl/α,β-unsaturated/α-hetero) is 1. The predicted octanol–water partition coefficient (Wildman–Crippen LogP) is 3.80. The van der Waals surface area contributed by atoms with Crippen LogP contribution in [0, 0.1) is 12.7 Å². The van der Waals surface area contributed by atoms with E-state index < -0.39 is 5.82 Å². The minimum Gasteiger partial charge on any atom is -0.398 e. The highest BCUT2D eigenvalue weighted by Gasteiger charge is 2.13. The first-order valence-electron chi connectivity index (χ1n) is 5.80. The van der Waals surface area contributed by atoms with Gasteiger partial charge in [0.05, 0.1) is 0 Å². The van der Waals surface area contributed by atoms with Crippen LogP contribution in [-0.4, -0.2) is 5.78 Å². The molecule has 4 heteroatoms. The van der Waals surface area contributed by atoms with Crippen LogP contribution in [0.4, 0.5) is 10.1 Å². The van der Waals surface area contributed by atoms with Crippen molar-refractivity contribution in [3.8, 4) is 0 Å². The zero-order valence-electron chi connectivity index (χ0n) is 10.4. The summed E-state index contributed by atoms with van der Waals surface area (Å²) in [4.78, 5) is 12.2. The molecule has 0 aromatic heterocycles. The van der Waals surface area contributed by atoms with Crippen molar-refractivity contribution < 1.29 is 9.18 Å². The molecule has 98 valence electrons. The maximum absolute atomic E-state index is 13.1. The standard InChI is InChI=1S/C15H13ClFNO/c1-9-2-5-14(18)12(6-9)15(19)8-10-7-11(17)3-4-13(10)16/h2-7H,8,18H2,1H3. The summed E-state index contributed by atoms with van der Waals surface area (Å²) in [6.45, 7) is 1.88. The Labute approximate surface area is 116 Å². The van der Waals surface area contributed by atoms with Gasteiger partial charge >= 0.3 is 0 Å². The van der Waals surface area contributed by atoms with E-state index in [1.807, 2.05) is 13.0 Å². The van der Waals surface area contributed by atoms with Crippen LogP contribution in [0.3, 0.4) is 0 Å². The molecule has 0 aliphatic rings. The number of nitrogens with two attached hydrogens (primary N) is 1. The summed E-state index contributed by atoms with van der Waals surface area (Å²) in [5, 5.41) is 0.376. The number of carbonyl (C=O) groups is 1. The fourth-order valence-corrected chi connectivity index (χ4v) is 2.04. The van der Waals surface area contributed by atoms with Crippen molar-refractivity contribution in [2.24, 2.45) is 0 Å². The lowest BCUT2D eigenvalue weighted by atomic mass is 10.00. The summed E-state index contributed by atoms with van der Waals surface area (Å²) in [5.41, 5.74) is 8.06. The first kappa shape index (κ1) is 13.6. The second-order valence-corrected chi connectivity index (χ2v) is 4.83. The Morgan fingerprint density at radius 2 is 2.00 bits per heavy atom. The van der Waals surface area contributed by atoms with Crippen molar-refractivity contribution in [3.63, 3.8) is 0 Å². The number of aryl methyl sites for hydroxylation is 1. The molecule has 0 atom stereocenters. The summed E-state index contributed by atoms with van der Waals surface area (Å²) < 4.78 is 13.1. The summed E-state index contributed by atoms with van der Waals surface area (Å²) in [6, 6.07) is 9.23. The molecule has 0 heterocycles. The number of rotatable bonds is 3. The second kappa shape index (κ2) is 5.41. The number of anilines is 1. The summed E-state index contributed by atoms with van der Waals surface area (Å²) in [5.74, 6) is -0.585. The molecule has 0 saturated heterocycles. The van der Waals surface area contributed by atoms with Gasteiger partial charge in [-0.3, -0.25) is 4.79 Å². The first-order chi connectivity index (χ1) is 8.97. The number of carbonyl (C=O) groups excluding carboxylic acids is 1. The van der Waals surface area contributed by atoms with Crippen LogP contribution >= 0.6 is 11.6 Å². The first-order valence-corrected chi connectivity index (χ1v) is 6.18. The van der Waals surface area contributed by atoms with Gasteiger partial charge in [0.25, 0.3) is 0 Å². The van der Waals surface area contributed by atoms with Crippen LogP contribution in [0.25, 0.3) is 0 Å². The Kier molecular flexibility index (Phi) is 3.86. The molecule has 0 bridgehead atoms. The molecule has 2 aromatic carbocycles. The molecule has 2 rings (SSSR count). The normalized spacial score (nSPS) is 10.5. The van der Waals surface area contributed by atoms with Gasteiger partial charge in [-0.2, -0.15) is 0 Å². The average Bonchev–Trinajstić information content (AvgIpc) is 2.36. The Hall–Kier alpha value is -1.87. The van der Waals surface area contributed by atoms with E-state index in [0.717, 1.165) is 5.56 Å². The highest BCUT2D eigenvalue weighted by molar-refractivity contribution is 6.31. The molecule has 2 aromatic rings. The Morgan fingerprint density at radius 1 is 1.26 bits per heavy atom. The van der Waals surface area contributed by atoms with Crippen molar-refractivity contribution in [1.82, 2.24) is 0 Å². The topological polar surface area (TPSA) is 43.1 Å². The molecule has 0 unspecified atom stereocenters. The summed E-state index contributed by atoms with van der Waals surface area (Å²) in [6.07, 6.45) is 0.0320. The van der Waals surface area contributed by atoms with Gasteiger partial charge in [0.15, 0.2) is 5.78 Å². The lowest BCUT2D eigenvalue weighted by Crippen LogP contribution is -2.08. The highest BCUT2D eigenvalue weighted by atomic mass is 35.5. The molecule has 0 saturated carbocycles. The lowest BCUT2D eigenvalue weighted by molar-refractivity contribution is 0.0993. The van der Waals surface area contributed by atoms with Gasteiger partial charge in [-0.25, -0.2) is 4.39 Å².